The Morgan fingerprint density at radius 3 is 2.87 bits per heavy atom. The zero-order chi connectivity index (χ0) is 16.6. The van der Waals surface area contributed by atoms with Gasteiger partial charge in [-0.05, 0) is 13.3 Å². The standard InChI is InChI=1S/C14H18N6O3/c1-2-3-10(21)7-4-9(12(23)11(7)22)20-14-8(5-18-20)13(19-15)16-6-17-14/h5-7,9-12,21-23H,4,15H2,1H3,(H,16,17,19)/t7-,9-,10-,11-,12+/m1/s1. The summed E-state index contributed by atoms with van der Waals surface area (Å²) in [7, 11) is 0. The van der Waals surface area contributed by atoms with Gasteiger partial charge in [-0.3, -0.25) is 0 Å². The van der Waals surface area contributed by atoms with Crippen LogP contribution < -0.4 is 11.3 Å². The number of nitrogens with zero attached hydrogens (tertiary/aromatic N) is 4. The van der Waals surface area contributed by atoms with Gasteiger partial charge in [-0.25, -0.2) is 20.5 Å². The van der Waals surface area contributed by atoms with Crippen LogP contribution in [0.3, 0.4) is 0 Å². The van der Waals surface area contributed by atoms with E-state index in [2.05, 4.69) is 32.3 Å². The number of aliphatic hydroxyl groups excluding tert-OH is 3. The zero-order valence-electron chi connectivity index (χ0n) is 12.5. The first-order valence-electron chi connectivity index (χ1n) is 7.19. The molecule has 2 aromatic rings. The normalized spacial score (nSPS) is 28.4. The third-order valence-corrected chi connectivity index (χ3v) is 4.24. The highest BCUT2D eigenvalue weighted by Gasteiger charge is 2.46. The van der Waals surface area contributed by atoms with E-state index in [9.17, 15) is 15.3 Å². The summed E-state index contributed by atoms with van der Waals surface area (Å²) in [4.78, 5) is 8.17. The molecule has 9 nitrogen and oxygen atoms in total. The van der Waals surface area contributed by atoms with E-state index < -0.39 is 30.3 Å². The fraction of sp³-hybridized carbons (Fsp3) is 0.500. The van der Waals surface area contributed by atoms with Crippen LogP contribution in [0, 0.1) is 17.8 Å². The number of anilines is 1. The van der Waals surface area contributed by atoms with Crippen molar-refractivity contribution in [1.82, 2.24) is 19.7 Å². The quantitative estimate of drug-likeness (QED) is 0.269. The van der Waals surface area contributed by atoms with Gasteiger partial charge in [0, 0.05) is 5.92 Å². The number of nitrogen functional groups attached to an aromatic ring is 1. The lowest BCUT2D eigenvalue weighted by Crippen LogP contribution is -2.33. The van der Waals surface area contributed by atoms with Crippen LogP contribution in [-0.4, -0.2) is 53.4 Å². The monoisotopic (exact) mass is 318 g/mol. The molecule has 5 atom stereocenters. The van der Waals surface area contributed by atoms with Crippen LogP contribution in [0.4, 0.5) is 5.82 Å². The zero-order valence-corrected chi connectivity index (χ0v) is 12.5. The Bertz CT molecular complexity index is 767. The molecule has 2 aromatic heterocycles. The summed E-state index contributed by atoms with van der Waals surface area (Å²) in [5.74, 6) is 10.5. The van der Waals surface area contributed by atoms with Crippen molar-refractivity contribution in [2.75, 3.05) is 5.43 Å². The number of nitrogens with one attached hydrogen (secondary N) is 1. The predicted octanol–water partition coefficient (Wildman–Crippen LogP) is -1.22. The molecule has 0 amide bonds. The largest absolute Gasteiger partial charge is 0.390 e. The van der Waals surface area contributed by atoms with Crippen LogP contribution in [0.1, 0.15) is 19.4 Å². The summed E-state index contributed by atoms with van der Waals surface area (Å²) < 4.78 is 1.53. The summed E-state index contributed by atoms with van der Waals surface area (Å²) in [6, 6.07) is -0.527. The van der Waals surface area contributed by atoms with Crippen molar-refractivity contribution in [3.8, 4) is 11.8 Å². The summed E-state index contributed by atoms with van der Waals surface area (Å²) in [5.41, 5.74) is 2.95. The minimum atomic E-state index is -1.09. The number of hydrazine groups is 1. The molecule has 0 saturated heterocycles. The third-order valence-electron chi connectivity index (χ3n) is 4.24. The maximum atomic E-state index is 10.3. The van der Waals surface area contributed by atoms with E-state index in [0.717, 1.165) is 0 Å². The van der Waals surface area contributed by atoms with Gasteiger partial charge in [0.05, 0.1) is 23.7 Å². The molecule has 0 aliphatic heterocycles. The summed E-state index contributed by atoms with van der Waals surface area (Å²) in [6.07, 6.45) is 0.0171. The van der Waals surface area contributed by atoms with Crippen LogP contribution >= 0.6 is 0 Å². The topological polar surface area (TPSA) is 142 Å². The average Bonchev–Trinajstić information content (AvgIpc) is 3.10. The minimum Gasteiger partial charge on any atom is -0.390 e. The molecule has 0 bridgehead atoms. The number of hydrogen-bond acceptors (Lipinski definition) is 8. The van der Waals surface area contributed by atoms with Crippen molar-refractivity contribution in [1.29, 1.82) is 0 Å². The van der Waals surface area contributed by atoms with Gasteiger partial charge < -0.3 is 20.7 Å². The Morgan fingerprint density at radius 1 is 1.39 bits per heavy atom. The van der Waals surface area contributed by atoms with Crippen LogP contribution in [-0.2, 0) is 0 Å². The molecular formula is C14H18N6O3. The van der Waals surface area contributed by atoms with Crippen molar-refractivity contribution < 1.29 is 15.3 Å². The third kappa shape index (κ3) is 2.51. The number of fused-ring (bicyclic) bond motifs is 1. The Labute approximate surface area is 132 Å². The number of rotatable bonds is 3. The van der Waals surface area contributed by atoms with Crippen molar-refractivity contribution in [3.63, 3.8) is 0 Å². The van der Waals surface area contributed by atoms with Gasteiger partial charge >= 0.3 is 0 Å². The molecule has 0 unspecified atom stereocenters. The maximum absolute atomic E-state index is 10.3. The number of nitrogens with two attached hydrogens (primary N) is 1. The van der Waals surface area contributed by atoms with E-state index in [1.54, 1.807) is 13.1 Å². The molecule has 0 spiro atoms. The van der Waals surface area contributed by atoms with Crippen molar-refractivity contribution in [2.45, 2.75) is 37.7 Å². The highest BCUT2D eigenvalue weighted by molar-refractivity contribution is 5.85. The van der Waals surface area contributed by atoms with Gasteiger partial charge in [0.1, 0.15) is 18.5 Å². The minimum absolute atomic E-state index is 0.324. The fourth-order valence-electron chi connectivity index (χ4n) is 3.07. The second kappa shape index (κ2) is 6.10. The molecule has 0 radical (unpaired) electrons. The van der Waals surface area contributed by atoms with Crippen LogP contribution in [0.2, 0.25) is 0 Å². The second-order valence-electron chi connectivity index (χ2n) is 5.48. The fourth-order valence-corrected chi connectivity index (χ4v) is 3.07. The first-order chi connectivity index (χ1) is 11.1. The molecule has 2 heterocycles. The number of aliphatic hydroxyl groups is 3. The van der Waals surface area contributed by atoms with Gasteiger partial charge in [-0.2, -0.15) is 5.10 Å². The maximum Gasteiger partial charge on any atom is 0.163 e. The first kappa shape index (κ1) is 15.6. The smallest absolute Gasteiger partial charge is 0.163 e. The van der Waals surface area contributed by atoms with Crippen molar-refractivity contribution in [2.24, 2.45) is 11.8 Å². The summed E-state index contributed by atoms with van der Waals surface area (Å²) >= 11 is 0. The van der Waals surface area contributed by atoms with E-state index in [0.29, 0.717) is 23.3 Å². The summed E-state index contributed by atoms with van der Waals surface area (Å²) in [6.45, 7) is 1.61. The average molecular weight is 318 g/mol. The molecule has 1 fully saturated rings. The van der Waals surface area contributed by atoms with Gasteiger partial charge in [-0.1, -0.05) is 5.92 Å². The van der Waals surface area contributed by atoms with Gasteiger partial charge in [-0.15, -0.1) is 5.92 Å². The van der Waals surface area contributed by atoms with Crippen molar-refractivity contribution >= 4 is 16.9 Å². The highest BCUT2D eigenvalue weighted by Crippen LogP contribution is 2.38. The Kier molecular flexibility index (Phi) is 4.14. The SMILES string of the molecule is CC#C[C@@H](O)[C@H]1C[C@@H](n2ncc3c(NN)ncnc32)[C@H](O)[C@@H]1O. The van der Waals surface area contributed by atoms with E-state index in [4.69, 9.17) is 5.84 Å². The second-order valence-corrected chi connectivity index (χ2v) is 5.48. The van der Waals surface area contributed by atoms with Crippen molar-refractivity contribution in [3.05, 3.63) is 12.5 Å². The van der Waals surface area contributed by atoms with E-state index in [-0.39, 0.29) is 0 Å². The molecule has 3 rings (SSSR count). The molecule has 6 N–H and O–H groups in total. The van der Waals surface area contributed by atoms with E-state index in [1.165, 1.54) is 11.0 Å². The lowest BCUT2D eigenvalue weighted by atomic mass is 9.98. The Balaban J connectivity index is 1.97. The molecule has 23 heavy (non-hydrogen) atoms. The Morgan fingerprint density at radius 2 is 2.17 bits per heavy atom. The predicted molar refractivity (Wildman–Crippen MR) is 81.7 cm³/mol. The lowest BCUT2D eigenvalue weighted by Gasteiger charge is -2.18. The number of aromatic nitrogens is 4. The molecule has 122 valence electrons. The lowest BCUT2D eigenvalue weighted by molar-refractivity contribution is -0.0148. The molecule has 9 heteroatoms. The molecule has 1 aliphatic rings. The molecule has 1 aliphatic carbocycles. The molecular weight excluding hydrogens is 300 g/mol. The van der Waals surface area contributed by atoms with E-state index >= 15 is 0 Å². The van der Waals surface area contributed by atoms with Crippen LogP contribution in [0.25, 0.3) is 11.0 Å². The highest BCUT2D eigenvalue weighted by atomic mass is 16.3. The molecule has 0 aromatic carbocycles. The molecule has 1 saturated carbocycles. The number of hydrogen-bond donors (Lipinski definition) is 5. The van der Waals surface area contributed by atoms with Gasteiger partial charge in [0.2, 0.25) is 0 Å². The first-order valence-corrected chi connectivity index (χ1v) is 7.19. The van der Waals surface area contributed by atoms with Crippen LogP contribution in [0.5, 0.6) is 0 Å². The van der Waals surface area contributed by atoms with Crippen LogP contribution in [0.15, 0.2) is 12.5 Å². The van der Waals surface area contributed by atoms with Gasteiger partial charge in [0.25, 0.3) is 0 Å². The van der Waals surface area contributed by atoms with E-state index in [1.807, 2.05) is 0 Å². The van der Waals surface area contributed by atoms with Gasteiger partial charge in [0.15, 0.2) is 11.5 Å². The Hall–Kier alpha value is -2.25. The summed E-state index contributed by atoms with van der Waals surface area (Å²) in [5, 5.41) is 35.4.